The zero-order valence-electron chi connectivity index (χ0n) is 8.74. The van der Waals surface area contributed by atoms with Crippen LogP contribution in [0.15, 0.2) is 0 Å². The molecule has 5 heteroatoms. The second-order valence-corrected chi connectivity index (χ2v) is 3.95. The largest absolute Gasteiger partial charge is 0.460 e. The number of hydrogen-bond acceptors (Lipinski definition) is 4. The molecular weight excluding hydrogens is 186 g/mol. The van der Waals surface area contributed by atoms with Crippen LogP contribution in [0.2, 0.25) is 0 Å². The third-order valence-electron chi connectivity index (χ3n) is 1.36. The number of nitrogens with one attached hydrogen (secondary N) is 1. The molecule has 2 N–H and O–H groups in total. The SMILES string of the molecule is CC(C)(C)OC(=O)CC(CO)NC=O. The van der Waals surface area contributed by atoms with Crippen molar-refractivity contribution in [1.29, 1.82) is 0 Å². The van der Waals surface area contributed by atoms with Crippen molar-refractivity contribution in [2.24, 2.45) is 0 Å². The van der Waals surface area contributed by atoms with Crippen molar-refractivity contribution in [2.45, 2.75) is 38.8 Å². The number of amides is 1. The molecule has 0 aromatic rings. The first-order valence-electron chi connectivity index (χ1n) is 4.41. The molecule has 82 valence electrons. The number of aliphatic hydroxyl groups is 1. The second kappa shape index (κ2) is 5.59. The van der Waals surface area contributed by atoms with Crippen molar-refractivity contribution in [3.05, 3.63) is 0 Å². The second-order valence-electron chi connectivity index (χ2n) is 3.95. The van der Waals surface area contributed by atoms with Gasteiger partial charge < -0.3 is 15.2 Å². The Kier molecular flexibility index (Phi) is 5.15. The molecule has 14 heavy (non-hydrogen) atoms. The highest BCUT2D eigenvalue weighted by atomic mass is 16.6. The molecule has 0 saturated carbocycles. The van der Waals surface area contributed by atoms with Crippen molar-refractivity contribution < 1.29 is 19.4 Å². The van der Waals surface area contributed by atoms with Gasteiger partial charge in [-0.15, -0.1) is 0 Å². The number of aliphatic hydroxyl groups excluding tert-OH is 1. The van der Waals surface area contributed by atoms with Gasteiger partial charge in [-0.3, -0.25) is 9.59 Å². The molecule has 5 nitrogen and oxygen atoms in total. The zero-order chi connectivity index (χ0) is 11.2. The summed E-state index contributed by atoms with van der Waals surface area (Å²) in [5.41, 5.74) is -0.543. The van der Waals surface area contributed by atoms with Gasteiger partial charge in [0.05, 0.1) is 19.1 Å². The number of esters is 1. The molecule has 0 aromatic carbocycles. The lowest BCUT2D eigenvalue weighted by molar-refractivity contribution is -0.155. The minimum atomic E-state index is -0.567. The van der Waals surface area contributed by atoms with E-state index < -0.39 is 17.6 Å². The average Bonchev–Trinajstić information content (AvgIpc) is 2.00. The maximum Gasteiger partial charge on any atom is 0.308 e. The van der Waals surface area contributed by atoms with E-state index in [1.807, 2.05) is 0 Å². The van der Waals surface area contributed by atoms with Crippen molar-refractivity contribution in [3.63, 3.8) is 0 Å². The Morgan fingerprint density at radius 1 is 1.57 bits per heavy atom. The fourth-order valence-electron chi connectivity index (χ4n) is 0.857. The smallest absolute Gasteiger partial charge is 0.308 e. The van der Waals surface area contributed by atoms with E-state index in [1.165, 1.54) is 0 Å². The quantitative estimate of drug-likeness (QED) is 0.480. The topological polar surface area (TPSA) is 75.6 Å². The third kappa shape index (κ3) is 6.42. The van der Waals surface area contributed by atoms with Crippen LogP contribution in [-0.4, -0.2) is 35.7 Å². The van der Waals surface area contributed by atoms with E-state index in [0.29, 0.717) is 6.41 Å². The number of carbonyl (C=O) groups is 2. The summed E-state index contributed by atoms with van der Waals surface area (Å²) in [4.78, 5) is 21.3. The molecule has 0 aliphatic heterocycles. The minimum absolute atomic E-state index is 0.0213. The Morgan fingerprint density at radius 2 is 2.14 bits per heavy atom. The van der Waals surface area contributed by atoms with Gasteiger partial charge in [-0.25, -0.2) is 0 Å². The van der Waals surface area contributed by atoms with Gasteiger partial charge in [0, 0.05) is 0 Å². The number of rotatable bonds is 5. The fourth-order valence-corrected chi connectivity index (χ4v) is 0.857. The lowest BCUT2D eigenvalue weighted by Crippen LogP contribution is -2.36. The highest BCUT2D eigenvalue weighted by Crippen LogP contribution is 2.08. The Labute approximate surface area is 83.4 Å². The summed E-state index contributed by atoms with van der Waals surface area (Å²) in [6.07, 6.45) is 0.428. The molecule has 0 aliphatic rings. The van der Waals surface area contributed by atoms with Crippen LogP contribution in [0, 0.1) is 0 Å². The summed E-state index contributed by atoms with van der Waals surface area (Å²) < 4.78 is 5.01. The molecule has 0 bridgehead atoms. The summed E-state index contributed by atoms with van der Waals surface area (Å²) in [5.74, 6) is -0.439. The summed E-state index contributed by atoms with van der Waals surface area (Å²) in [6, 6.07) is -0.567. The van der Waals surface area contributed by atoms with Gasteiger partial charge >= 0.3 is 5.97 Å². The van der Waals surface area contributed by atoms with Crippen LogP contribution in [-0.2, 0) is 14.3 Å². The predicted octanol–water partition coefficient (Wildman–Crippen LogP) is -0.175. The van der Waals surface area contributed by atoms with Gasteiger partial charge in [0.1, 0.15) is 5.60 Å². The van der Waals surface area contributed by atoms with Crippen LogP contribution in [0.25, 0.3) is 0 Å². The molecule has 0 aromatic heterocycles. The first kappa shape index (κ1) is 12.9. The molecule has 0 fully saturated rings. The molecule has 0 aliphatic carbocycles. The molecule has 1 unspecified atom stereocenters. The number of ether oxygens (including phenoxy) is 1. The van der Waals surface area contributed by atoms with Crippen molar-refractivity contribution in [1.82, 2.24) is 5.32 Å². The van der Waals surface area contributed by atoms with E-state index in [9.17, 15) is 9.59 Å². The van der Waals surface area contributed by atoms with Crippen molar-refractivity contribution in [3.8, 4) is 0 Å². The van der Waals surface area contributed by atoms with Crippen molar-refractivity contribution >= 4 is 12.4 Å². The van der Waals surface area contributed by atoms with Crippen LogP contribution in [0.4, 0.5) is 0 Å². The standard InChI is InChI=1S/C9H17NO4/c1-9(2,3)14-8(13)4-7(5-11)10-6-12/h6-7,11H,4-5H2,1-3H3,(H,10,12). The molecule has 0 radical (unpaired) electrons. The van der Waals surface area contributed by atoms with Crippen LogP contribution in [0.5, 0.6) is 0 Å². The summed E-state index contributed by atoms with van der Waals surface area (Å²) in [7, 11) is 0. The van der Waals surface area contributed by atoms with Gasteiger partial charge in [-0.05, 0) is 20.8 Å². The lowest BCUT2D eigenvalue weighted by Gasteiger charge is -2.21. The highest BCUT2D eigenvalue weighted by Gasteiger charge is 2.19. The van der Waals surface area contributed by atoms with Gasteiger partial charge in [0.15, 0.2) is 0 Å². The van der Waals surface area contributed by atoms with E-state index in [-0.39, 0.29) is 13.0 Å². The first-order chi connectivity index (χ1) is 6.39. The van der Waals surface area contributed by atoms with E-state index in [4.69, 9.17) is 9.84 Å². The van der Waals surface area contributed by atoms with Crippen molar-refractivity contribution in [2.75, 3.05) is 6.61 Å². The van der Waals surface area contributed by atoms with E-state index >= 15 is 0 Å². The van der Waals surface area contributed by atoms with Crippen LogP contribution < -0.4 is 5.32 Å². The average molecular weight is 203 g/mol. The van der Waals surface area contributed by atoms with Crippen LogP contribution in [0.1, 0.15) is 27.2 Å². The van der Waals surface area contributed by atoms with E-state index in [1.54, 1.807) is 20.8 Å². The normalized spacial score (nSPS) is 13.1. The molecule has 0 rings (SSSR count). The fraction of sp³-hybridized carbons (Fsp3) is 0.778. The Morgan fingerprint density at radius 3 is 2.50 bits per heavy atom. The lowest BCUT2D eigenvalue weighted by atomic mass is 10.2. The highest BCUT2D eigenvalue weighted by molar-refractivity contribution is 5.71. The third-order valence-corrected chi connectivity index (χ3v) is 1.36. The van der Waals surface area contributed by atoms with Gasteiger partial charge in [0.2, 0.25) is 6.41 Å². The van der Waals surface area contributed by atoms with Gasteiger partial charge in [-0.1, -0.05) is 0 Å². The van der Waals surface area contributed by atoms with Crippen LogP contribution >= 0.6 is 0 Å². The summed E-state index contributed by atoms with van der Waals surface area (Å²) >= 11 is 0. The minimum Gasteiger partial charge on any atom is -0.460 e. The maximum atomic E-state index is 11.2. The molecular formula is C9H17NO4. The predicted molar refractivity (Wildman–Crippen MR) is 50.5 cm³/mol. The Bertz CT molecular complexity index is 197. The van der Waals surface area contributed by atoms with Gasteiger partial charge in [0.25, 0.3) is 0 Å². The van der Waals surface area contributed by atoms with Gasteiger partial charge in [-0.2, -0.15) is 0 Å². The summed E-state index contributed by atoms with van der Waals surface area (Å²) in [5, 5.41) is 11.1. The van der Waals surface area contributed by atoms with E-state index in [0.717, 1.165) is 0 Å². The molecule has 1 amide bonds. The first-order valence-corrected chi connectivity index (χ1v) is 4.41. The Hall–Kier alpha value is -1.10. The zero-order valence-corrected chi connectivity index (χ0v) is 8.74. The number of carbonyl (C=O) groups excluding carboxylic acids is 2. The number of hydrogen-bond donors (Lipinski definition) is 2. The molecule has 0 spiro atoms. The molecule has 1 atom stereocenters. The Balaban J connectivity index is 3.96. The summed E-state index contributed by atoms with van der Waals surface area (Å²) in [6.45, 7) is 4.99. The maximum absolute atomic E-state index is 11.2. The molecule has 0 heterocycles. The monoisotopic (exact) mass is 203 g/mol. The van der Waals surface area contributed by atoms with E-state index in [2.05, 4.69) is 5.32 Å². The molecule has 0 saturated heterocycles. The van der Waals surface area contributed by atoms with Crippen LogP contribution in [0.3, 0.4) is 0 Å².